The van der Waals surface area contributed by atoms with Crippen LogP contribution in [0.2, 0.25) is 0 Å². The summed E-state index contributed by atoms with van der Waals surface area (Å²) < 4.78 is 68.1. The molecule has 0 amide bonds. The first kappa shape index (κ1) is 1.52. The maximum atomic E-state index is 10.2. The van der Waals surface area contributed by atoms with Gasteiger partial charge in [0.2, 0.25) is 0 Å². The zero-order valence-corrected chi connectivity index (χ0v) is 4.64. The van der Waals surface area contributed by atoms with Crippen LogP contribution in [0.25, 0.3) is 0 Å². The van der Waals surface area contributed by atoms with E-state index in [1.807, 2.05) is 0 Å². The summed E-state index contributed by atoms with van der Waals surface area (Å²) in [6.07, 6.45) is -11.2. The van der Waals surface area contributed by atoms with Crippen LogP contribution in [0.3, 0.4) is 0 Å². The quantitative estimate of drug-likeness (QED) is 0.415. The second-order valence-corrected chi connectivity index (χ2v) is 1.41. The number of aldehydes is 1. The van der Waals surface area contributed by atoms with Crippen LogP contribution in [-0.2, 0) is 4.79 Å². The number of hydrogen-bond donors (Lipinski definition) is 0. The van der Waals surface area contributed by atoms with E-state index < -0.39 is 31.4 Å². The van der Waals surface area contributed by atoms with E-state index in [2.05, 4.69) is 0 Å². The molecule has 50 valence electrons. The highest BCUT2D eigenvalue weighted by molar-refractivity contribution is 5.64. The van der Waals surface area contributed by atoms with Crippen molar-refractivity contribution >= 4 is 6.29 Å². The van der Waals surface area contributed by atoms with Gasteiger partial charge in [-0.3, -0.25) is 4.79 Å². The molecule has 0 spiro atoms. The van der Waals surface area contributed by atoms with Crippen molar-refractivity contribution in [2.75, 3.05) is 0 Å². The molecule has 0 heterocycles. The van der Waals surface area contributed by atoms with Crippen molar-refractivity contribution in [3.63, 3.8) is 0 Å². The number of rotatable bonds is 2. The largest absolute Gasteiger partial charge is 0.299 e. The van der Waals surface area contributed by atoms with Crippen molar-refractivity contribution in [1.29, 1.82) is 0 Å². The molecule has 1 heteroatoms. The molecule has 1 saturated carbocycles. The Balaban J connectivity index is 3.62. The van der Waals surface area contributed by atoms with Crippen molar-refractivity contribution in [2.45, 2.75) is 25.5 Å². The second kappa shape index (κ2) is 3.44. The maximum Gasteiger partial charge on any atom is 0.142 e. The van der Waals surface area contributed by atoms with Gasteiger partial charge in [-0.05, 0) is 24.7 Å². The fourth-order valence-corrected chi connectivity index (χ4v) is 0.447. The van der Waals surface area contributed by atoms with E-state index >= 15 is 0 Å². The van der Waals surface area contributed by atoms with Crippen molar-refractivity contribution in [1.82, 2.24) is 0 Å². The van der Waals surface area contributed by atoms with Crippen LogP contribution < -0.4 is 0 Å². The van der Waals surface area contributed by atoms with Crippen LogP contribution in [0, 0.1) is 5.89 Å². The molecule has 0 unspecified atom stereocenters. The zero-order chi connectivity index (χ0) is 14.6. The van der Waals surface area contributed by atoms with Crippen molar-refractivity contribution in [3.05, 3.63) is 12.2 Å². The third-order valence-electron chi connectivity index (χ3n) is 0.798. The van der Waals surface area contributed by atoms with Gasteiger partial charge in [0.1, 0.15) is 6.29 Å². The standard InChI is InChI=1S/C8H12O/c9-7-3-6-8-4-1-2-5-8/h3,6-8H,1-2,4-5H2/b6-3+/i1D2,2D2,4D2,5D2,8D. The van der Waals surface area contributed by atoms with Crippen LogP contribution in [-0.4, -0.2) is 6.29 Å². The zero-order valence-electron chi connectivity index (χ0n) is 13.6. The molecule has 0 aromatic carbocycles. The summed E-state index contributed by atoms with van der Waals surface area (Å²) in [4.78, 5) is 10.2. The highest BCUT2D eigenvalue weighted by Gasteiger charge is 2.10. The summed E-state index contributed by atoms with van der Waals surface area (Å²) in [6, 6.07) is 0. The monoisotopic (exact) mass is 133 g/mol. The Morgan fingerprint density at radius 3 is 2.78 bits per heavy atom. The van der Waals surface area contributed by atoms with Gasteiger partial charge in [-0.25, -0.2) is 0 Å². The summed E-state index contributed by atoms with van der Waals surface area (Å²) in [6.45, 7) is 0. The molecule has 0 aromatic rings. The lowest BCUT2D eigenvalue weighted by atomic mass is 10.1. The second-order valence-electron chi connectivity index (χ2n) is 1.41. The lowest BCUT2D eigenvalue weighted by Gasteiger charge is -1.96. The van der Waals surface area contributed by atoms with Gasteiger partial charge < -0.3 is 0 Å². The average molecular weight is 133 g/mol. The molecule has 0 atom stereocenters. The Hall–Kier alpha value is -0.590. The molecule has 9 heavy (non-hydrogen) atoms. The van der Waals surface area contributed by atoms with Crippen LogP contribution in [0.15, 0.2) is 12.2 Å². The van der Waals surface area contributed by atoms with Gasteiger partial charge in [-0.2, -0.15) is 0 Å². The molecule has 1 aliphatic carbocycles. The van der Waals surface area contributed by atoms with E-state index in [0.717, 1.165) is 0 Å². The summed E-state index contributed by atoms with van der Waals surface area (Å²) in [5.74, 6) is -2.84. The van der Waals surface area contributed by atoms with Gasteiger partial charge >= 0.3 is 0 Å². The van der Waals surface area contributed by atoms with E-state index in [0.29, 0.717) is 12.2 Å². The van der Waals surface area contributed by atoms with Gasteiger partial charge in [0.05, 0.1) is 0 Å². The SMILES string of the molecule is [2H]C1([2H])C([2H])([2H])C([2H])([2H])C([2H])(/C=C/C=O)C1([2H])[2H]. The predicted molar refractivity (Wildman–Crippen MR) is 37.2 cm³/mol. The Morgan fingerprint density at radius 1 is 1.56 bits per heavy atom. The number of carbonyl (C=O) groups excluding carboxylic acids is 1. The minimum absolute atomic E-state index is 0.200. The Morgan fingerprint density at radius 2 is 2.22 bits per heavy atom. The van der Waals surface area contributed by atoms with Crippen molar-refractivity contribution in [2.24, 2.45) is 5.89 Å². The predicted octanol–water partition coefficient (Wildman–Crippen LogP) is 1.93. The topological polar surface area (TPSA) is 17.1 Å². The van der Waals surface area contributed by atoms with Gasteiger partial charge in [0, 0.05) is 12.3 Å². The summed E-state index contributed by atoms with van der Waals surface area (Å²) in [5.41, 5.74) is 0. The van der Waals surface area contributed by atoms with Crippen LogP contribution in [0.4, 0.5) is 0 Å². The molecule has 1 aliphatic rings. The fraction of sp³-hybridized carbons (Fsp3) is 0.625. The summed E-state index contributed by atoms with van der Waals surface area (Å²) in [7, 11) is 0. The Bertz CT molecular complexity index is 371. The highest BCUT2D eigenvalue weighted by atomic mass is 16.1. The molecule has 1 fully saturated rings. The fourth-order valence-electron chi connectivity index (χ4n) is 0.447. The smallest absolute Gasteiger partial charge is 0.142 e. The molecule has 0 saturated heterocycles. The third-order valence-corrected chi connectivity index (χ3v) is 0.798. The molecular formula is C8H12O. The third kappa shape index (κ3) is 2.00. The normalized spacial score (nSPS) is 62.0. The van der Waals surface area contributed by atoms with Gasteiger partial charge in [0.25, 0.3) is 0 Å². The number of carbonyl (C=O) groups is 1. The molecule has 0 aromatic heterocycles. The van der Waals surface area contributed by atoms with E-state index in [1.54, 1.807) is 0 Å². The van der Waals surface area contributed by atoms with E-state index in [4.69, 9.17) is 12.3 Å². The van der Waals surface area contributed by atoms with Crippen LogP contribution in [0.1, 0.15) is 37.8 Å². The lowest BCUT2D eigenvalue weighted by molar-refractivity contribution is -0.104. The molecule has 1 rings (SSSR count). The molecule has 0 N–H and O–H groups in total. The summed E-state index contributed by atoms with van der Waals surface area (Å²) in [5, 5.41) is 0. The molecule has 0 aliphatic heterocycles. The maximum absolute atomic E-state index is 10.2. The Labute approximate surface area is 68.4 Å². The van der Waals surface area contributed by atoms with E-state index in [1.165, 1.54) is 0 Å². The van der Waals surface area contributed by atoms with Crippen LogP contribution in [0.5, 0.6) is 0 Å². The van der Waals surface area contributed by atoms with Crippen LogP contribution >= 0.6 is 0 Å². The first-order valence-corrected chi connectivity index (χ1v) is 2.44. The summed E-state index contributed by atoms with van der Waals surface area (Å²) >= 11 is 0. The van der Waals surface area contributed by atoms with Crippen molar-refractivity contribution < 1.29 is 17.1 Å². The molecule has 0 radical (unpaired) electrons. The molecular weight excluding hydrogens is 112 g/mol. The number of allylic oxidation sites excluding steroid dienone is 2. The minimum Gasteiger partial charge on any atom is -0.299 e. The first-order chi connectivity index (χ1) is 7.81. The highest BCUT2D eigenvalue weighted by Crippen LogP contribution is 2.25. The van der Waals surface area contributed by atoms with Crippen molar-refractivity contribution in [3.8, 4) is 0 Å². The minimum atomic E-state index is -3.21. The lowest BCUT2D eigenvalue weighted by Crippen LogP contribution is -1.84. The van der Waals surface area contributed by atoms with Gasteiger partial charge in [-0.1, -0.05) is 18.8 Å². The van der Waals surface area contributed by atoms with Gasteiger partial charge in [-0.15, -0.1) is 0 Å². The number of hydrogen-bond acceptors (Lipinski definition) is 1. The average Bonchev–Trinajstić information content (AvgIpc) is 2.27. The molecule has 1 nitrogen and oxygen atoms in total. The van der Waals surface area contributed by atoms with Gasteiger partial charge in [0.15, 0.2) is 0 Å². The van der Waals surface area contributed by atoms with E-state index in [-0.39, 0.29) is 6.29 Å². The Kier molecular flexibility index (Phi) is 0.582. The van der Waals surface area contributed by atoms with E-state index in [9.17, 15) is 4.79 Å². The molecule has 0 bridgehead atoms. The first-order valence-electron chi connectivity index (χ1n) is 6.94.